The second-order valence-electron chi connectivity index (χ2n) is 3.43. The molecule has 0 saturated heterocycles. The van der Waals surface area contributed by atoms with Gasteiger partial charge in [-0.1, -0.05) is 18.2 Å². The summed E-state index contributed by atoms with van der Waals surface area (Å²) in [6, 6.07) is 7.93. The molecule has 0 fully saturated rings. The van der Waals surface area contributed by atoms with Gasteiger partial charge in [0, 0.05) is 14.1 Å². The molecule has 5 nitrogen and oxygen atoms in total. The third-order valence-electron chi connectivity index (χ3n) is 1.97. The molecular formula is C10H14N2O3S. The fourth-order valence-electron chi connectivity index (χ4n) is 0.998. The maximum Gasteiger partial charge on any atom is 0.241 e. The predicted molar refractivity (Wildman–Crippen MR) is 60.3 cm³/mol. The predicted octanol–water partition coefficient (Wildman–Crippen LogP) is 0.0531. The Morgan fingerprint density at radius 2 is 1.81 bits per heavy atom. The molecule has 0 aliphatic rings. The first-order valence-electron chi connectivity index (χ1n) is 4.68. The molecule has 0 bridgehead atoms. The highest BCUT2D eigenvalue weighted by molar-refractivity contribution is 7.89. The summed E-state index contributed by atoms with van der Waals surface area (Å²) in [5.74, 6) is -0.292. The minimum Gasteiger partial charge on any atom is -0.348 e. The Hall–Kier alpha value is -1.40. The van der Waals surface area contributed by atoms with Crippen molar-refractivity contribution in [2.45, 2.75) is 4.90 Å². The lowest BCUT2D eigenvalue weighted by Gasteiger charge is -2.11. The van der Waals surface area contributed by atoms with E-state index in [1.54, 1.807) is 32.3 Å². The standard InChI is InChI=1S/C10H14N2O3S/c1-12(2)10(13)8-11-16(14,15)9-6-4-3-5-7-9/h3-7,11H,8H2,1-2H3. The minimum absolute atomic E-state index is 0.154. The lowest BCUT2D eigenvalue weighted by Crippen LogP contribution is -2.36. The molecule has 1 amide bonds. The van der Waals surface area contributed by atoms with Gasteiger partial charge in [0.2, 0.25) is 15.9 Å². The van der Waals surface area contributed by atoms with Gasteiger partial charge in [0.15, 0.2) is 0 Å². The third kappa shape index (κ3) is 3.32. The Balaban J connectivity index is 2.71. The summed E-state index contributed by atoms with van der Waals surface area (Å²) >= 11 is 0. The fourth-order valence-corrected chi connectivity index (χ4v) is 1.99. The molecule has 1 aromatic carbocycles. The summed E-state index contributed by atoms with van der Waals surface area (Å²) < 4.78 is 25.6. The first-order chi connectivity index (χ1) is 7.43. The number of amides is 1. The van der Waals surface area contributed by atoms with E-state index in [1.165, 1.54) is 17.0 Å². The molecule has 0 aromatic heterocycles. The zero-order valence-corrected chi connectivity index (χ0v) is 9.99. The summed E-state index contributed by atoms with van der Waals surface area (Å²) in [5, 5.41) is 0. The van der Waals surface area contributed by atoms with Gasteiger partial charge < -0.3 is 4.90 Å². The molecule has 6 heteroatoms. The van der Waals surface area contributed by atoms with Crippen LogP contribution >= 0.6 is 0 Å². The minimum atomic E-state index is -3.59. The van der Waals surface area contributed by atoms with Gasteiger partial charge in [0.25, 0.3) is 0 Å². The maximum atomic E-state index is 11.7. The molecular weight excluding hydrogens is 228 g/mol. The number of sulfonamides is 1. The van der Waals surface area contributed by atoms with Gasteiger partial charge in [-0.25, -0.2) is 13.1 Å². The van der Waals surface area contributed by atoms with Gasteiger partial charge in [-0.15, -0.1) is 0 Å². The first kappa shape index (κ1) is 12.7. The van der Waals surface area contributed by atoms with Crippen molar-refractivity contribution in [2.75, 3.05) is 20.6 Å². The molecule has 0 spiro atoms. The molecule has 0 heterocycles. The lowest BCUT2D eigenvalue weighted by molar-refractivity contribution is -0.127. The van der Waals surface area contributed by atoms with Gasteiger partial charge in [-0.3, -0.25) is 4.79 Å². The average molecular weight is 242 g/mol. The Kier molecular flexibility index (Phi) is 4.03. The van der Waals surface area contributed by atoms with Crippen LogP contribution in [0.1, 0.15) is 0 Å². The monoisotopic (exact) mass is 242 g/mol. The summed E-state index contributed by atoms with van der Waals surface area (Å²) in [7, 11) is -0.449. The quantitative estimate of drug-likeness (QED) is 0.811. The van der Waals surface area contributed by atoms with E-state index in [2.05, 4.69) is 4.72 Å². The summed E-state index contributed by atoms with van der Waals surface area (Å²) in [6.45, 7) is -0.232. The second kappa shape index (κ2) is 5.09. The zero-order chi connectivity index (χ0) is 12.2. The van der Waals surface area contributed by atoms with E-state index < -0.39 is 10.0 Å². The second-order valence-corrected chi connectivity index (χ2v) is 5.19. The number of nitrogens with zero attached hydrogens (tertiary/aromatic N) is 1. The van der Waals surface area contributed by atoms with Crippen LogP contribution in [0, 0.1) is 0 Å². The molecule has 1 aromatic rings. The summed E-state index contributed by atoms with van der Waals surface area (Å²) in [5.41, 5.74) is 0. The molecule has 1 rings (SSSR count). The number of hydrogen-bond acceptors (Lipinski definition) is 3. The van der Waals surface area contributed by atoms with E-state index in [0.29, 0.717) is 0 Å². The van der Waals surface area contributed by atoms with Crippen molar-refractivity contribution in [1.29, 1.82) is 0 Å². The maximum absolute atomic E-state index is 11.7. The van der Waals surface area contributed by atoms with Crippen LogP contribution in [0.5, 0.6) is 0 Å². The summed E-state index contributed by atoms with van der Waals surface area (Å²) in [6.07, 6.45) is 0. The smallest absolute Gasteiger partial charge is 0.241 e. The SMILES string of the molecule is CN(C)C(=O)CNS(=O)(=O)c1ccccc1. The largest absolute Gasteiger partial charge is 0.348 e. The van der Waals surface area contributed by atoms with Crippen molar-refractivity contribution >= 4 is 15.9 Å². The van der Waals surface area contributed by atoms with Gasteiger partial charge in [0.05, 0.1) is 11.4 Å². The Morgan fingerprint density at radius 3 is 2.31 bits per heavy atom. The third-order valence-corrected chi connectivity index (χ3v) is 3.38. The van der Waals surface area contributed by atoms with Crippen molar-refractivity contribution < 1.29 is 13.2 Å². The first-order valence-corrected chi connectivity index (χ1v) is 6.16. The van der Waals surface area contributed by atoms with E-state index in [-0.39, 0.29) is 17.3 Å². The van der Waals surface area contributed by atoms with E-state index in [9.17, 15) is 13.2 Å². The Labute approximate surface area is 95.1 Å². The fraction of sp³-hybridized carbons (Fsp3) is 0.300. The normalized spacial score (nSPS) is 11.1. The molecule has 1 N–H and O–H groups in total. The van der Waals surface area contributed by atoms with Crippen LogP contribution in [-0.4, -0.2) is 39.9 Å². The number of benzene rings is 1. The van der Waals surface area contributed by atoms with Crippen molar-refractivity contribution in [3.05, 3.63) is 30.3 Å². The highest BCUT2D eigenvalue weighted by Gasteiger charge is 2.15. The van der Waals surface area contributed by atoms with Crippen LogP contribution in [0.4, 0.5) is 0 Å². The zero-order valence-electron chi connectivity index (χ0n) is 9.17. The molecule has 0 saturated carbocycles. The van der Waals surface area contributed by atoms with E-state index >= 15 is 0 Å². The molecule has 0 aliphatic carbocycles. The van der Waals surface area contributed by atoms with Crippen molar-refractivity contribution in [3.63, 3.8) is 0 Å². The number of carbonyl (C=O) groups is 1. The lowest BCUT2D eigenvalue weighted by atomic mass is 10.4. The van der Waals surface area contributed by atoms with Crippen LogP contribution in [0.15, 0.2) is 35.2 Å². The van der Waals surface area contributed by atoms with Gasteiger partial charge in [0.1, 0.15) is 0 Å². The van der Waals surface area contributed by atoms with Crippen LogP contribution in [-0.2, 0) is 14.8 Å². The van der Waals surface area contributed by atoms with Crippen molar-refractivity contribution in [2.24, 2.45) is 0 Å². The number of likely N-dealkylation sites (N-methyl/N-ethyl adjacent to an activating group) is 1. The van der Waals surface area contributed by atoms with Crippen molar-refractivity contribution in [3.8, 4) is 0 Å². The topological polar surface area (TPSA) is 66.5 Å². The van der Waals surface area contributed by atoms with Gasteiger partial charge in [-0.2, -0.15) is 0 Å². The number of rotatable bonds is 4. The van der Waals surface area contributed by atoms with Crippen LogP contribution in [0.25, 0.3) is 0 Å². The molecule has 88 valence electrons. The van der Waals surface area contributed by atoms with Gasteiger partial charge >= 0.3 is 0 Å². The number of hydrogen-bond donors (Lipinski definition) is 1. The van der Waals surface area contributed by atoms with E-state index in [4.69, 9.17) is 0 Å². The van der Waals surface area contributed by atoms with Crippen LogP contribution in [0.3, 0.4) is 0 Å². The molecule has 0 aliphatic heterocycles. The Morgan fingerprint density at radius 1 is 1.25 bits per heavy atom. The number of carbonyl (C=O) groups excluding carboxylic acids is 1. The molecule has 0 radical (unpaired) electrons. The number of nitrogens with one attached hydrogen (secondary N) is 1. The molecule has 0 unspecified atom stereocenters. The molecule has 0 atom stereocenters. The van der Waals surface area contributed by atoms with E-state index in [1.807, 2.05) is 0 Å². The van der Waals surface area contributed by atoms with Crippen LogP contribution < -0.4 is 4.72 Å². The van der Waals surface area contributed by atoms with Crippen molar-refractivity contribution in [1.82, 2.24) is 9.62 Å². The highest BCUT2D eigenvalue weighted by atomic mass is 32.2. The van der Waals surface area contributed by atoms with Crippen LogP contribution in [0.2, 0.25) is 0 Å². The Bertz CT molecular complexity index is 454. The van der Waals surface area contributed by atoms with Gasteiger partial charge in [-0.05, 0) is 12.1 Å². The highest BCUT2D eigenvalue weighted by Crippen LogP contribution is 2.06. The average Bonchev–Trinajstić information content (AvgIpc) is 2.27. The van der Waals surface area contributed by atoms with E-state index in [0.717, 1.165) is 0 Å². The summed E-state index contributed by atoms with van der Waals surface area (Å²) in [4.78, 5) is 12.7. The molecule has 16 heavy (non-hydrogen) atoms.